The molecule has 28 heavy (non-hydrogen) atoms. The molecule has 1 amide bonds. The van der Waals surface area contributed by atoms with Crippen LogP contribution < -0.4 is 5.32 Å². The van der Waals surface area contributed by atoms with Crippen LogP contribution >= 0.6 is 0 Å². The van der Waals surface area contributed by atoms with E-state index in [1.54, 1.807) is 6.20 Å². The molecule has 2 aromatic heterocycles. The molecule has 0 aliphatic rings. The van der Waals surface area contributed by atoms with Crippen molar-refractivity contribution in [2.75, 3.05) is 5.32 Å². The smallest absolute Gasteiger partial charge is 0.353 e. The number of alkyl halides is 3. The lowest BCUT2D eigenvalue weighted by atomic mass is 10.1. The summed E-state index contributed by atoms with van der Waals surface area (Å²) in [5.41, 5.74) is 1.69. The van der Waals surface area contributed by atoms with Crippen molar-refractivity contribution in [2.24, 2.45) is 0 Å². The van der Waals surface area contributed by atoms with Crippen molar-refractivity contribution in [1.29, 1.82) is 0 Å². The summed E-state index contributed by atoms with van der Waals surface area (Å²) in [6.45, 7) is 0. The first-order chi connectivity index (χ1) is 13.4. The number of halogens is 3. The van der Waals surface area contributed by atoms with Gasteiger partial charge >= 0.3 is 6.18 Å². The van der Waals surface area contributed by atoms with Gasteiger partial charge in [0.1, 0.15) is 0 Å². The molecule has 0 spiro atoms. The van der Waals surface area contributed by atoms with Gasteiger partial charge in [0.25, 0.3) is 0 Å². The van der Waals surface area contributed by atoms with Gasteiger partial charge in [-0.2, -0.15) is 13.2 Å². The van der Waals surface area contributed by atoms with E-state index in [0.717, 1.165) is 33.9 Å². The third kappa shape index (κ3) is 3.59. The number of para-hydroxylation sites is 1. The van der Waals surface area contributed by atoms with Crippen LogP contribution in [0.5, 0.6) is 0 Å². The van der Waals surface area contributed by atoms with Gasteiger partial charge < -0.3 is 10.3 Å². The molecule has 0 saturated heterocycles. The minimum atomic E-state index is -4.46. The van der Waals surface area contributed by atoms with Crippen molar-refractivity contribution in [3.8, 4) is 0 Å². The van der Waals surface area contributed by atoms with Crippen LogP contribution in [0.3, 0.4) is 0 Å². The van der Waals surface area contributed by atoms with Gasteiger partial charge in [0, 0.05) is 28.1 Å². The van der Waals surface area contributed by atoms with Crippen LogP contribution in [0.15, 0.2) is 66.9 Å². The molecule has 2 N–H and O–H groups in total. The molecule has 2 aromatic carbocycles. The molecule has 0 aliphatic heterocycles. The molecular formula is C21H14F3N3O. The summed E-state index contributed by atoms with van der Waals surface area (Å²) in [6, 6.07) is 14.2. The Morgan fingerprint density at radius 1 is 1.00 bits per heavy atom. The molecule has 0 fully saturated rings. The minimum Gasteiger partial charge on any atom is -0.353 e. The van der Waals surface area contributed by atoms with Crippen molar-refractivity contribution in [1.82, 2.24) is 9.97 Å². The van der Waals surface area contributed by atoms with Gasteiger partial charge in [0.2, 0.25) is 5.91 Å². The Bertz CT molecular complexity index is 1210. The predicted octanol–water partition coefficient (Wildman–Crippen LogP) is 5.39. The second-order valence-electron chi connectivity index (χ2n) is 6.23. The number of aromatic amines is 1. The van der Waals surface area contributed by atoms with Crippen molar-refractivity contribution in [2.45, 2.75) is 6.18 Å². The number of pyridine rings is 1. The van der Waals surface area contributed by atoms with Gasteiger partial charge in [-0.1, -0.05) is 24.3 Å². The normalized spacial score (nSPS) is 12.1. The van der Waals surface area contributed by atoms with Crippen LogP contribution in [0.2, 0.25) is 0 Å². The van der Waals surface area contributed by atoms with Gasteiger partial charge in [-0.05, 0) is 36.4 Å². The highest BCUT2D eigenvalue weighted by molar-refractivity contribution is 6.07. The number of carbonyl (C=O) groups excluding carboxylic acids is 1. The molecule has 4 aromatic rings. The van der Waals surface area contributed by atoms with Gasteiger partial charge in [0.15, 0.2) is 0 Å². The van der Waals surface area contributed by atoms with E-state index in [4.69, 9.17) is 0 Å². The molecule has 0 radical (unpaired) electrons. The summed E-state index contributed by atoms with van der Waals surface area (Å²) >= 11 is 0. The maximum absolute atomic E-state index is 12.7. The first-order valence-electron chi connectivity index (χ1n) is 8.43. The number of H-pyrrole nitrogens is 1. The highest BCUT2D eigenvalue weighted by Gasteiger charge is 2.30. The second-order valence-corrected chi connectivity index (χ2v) is 6.23. The Labute approximate surface area is 157 Å². The lowest BCUT2D eigenvalue weighted by Gasteiger charge is -2.08. The molecule has 4 nitrogen and oxygen atoms in total. The molecule has 2 heterocycles. The highest BCUT2D eigenvalue weighted by Crippen LogP contribution is 2.30. The first-order valence-corrected chi connectivity index (χ1v) is 8.43. The maximum Gasteiger partial charge on any atom is 0.416 e. The van der Waals surface area contributed by atoms with Crippen LogP contribution in [-0.4, -0.2) is 15.9 Å². The second kappa shape index (κ2) is 6.84. The molecule has 7 heteroatoms. The molecule has 4 rings (SSSR count). The van der Waals surface area contributed by atoms with E-state index in [1.165, 1.54) is 24.3 Å². The number of anilines is 1. The predicted molar refractivity (Wildman–Crippen MR) is 103 cm³/mol. The minimum absolute atomic E-state index is 0.0736. The quantitative estimate of drug-likeness (QED) is 0.468. The fourth-order valence-electron chi connectivity index (χ4n) is 2.98. The van der Waals surface area contributed by atoms with Gasteiger partial charge in [0.05, 0.1) is 23.0 Å². The van der Waals surface area contributed by atoms with Crippen molar-refractivity contribution >= 4 is 39.5 Å². The zero-order valence-electron chi connectivity index (χ0n) is 14.4. The van der Waals surface area contributed by atoms with Gasteiger partial charge in [-0.15, -0.1) is 0 Å². The largest absolute Gasteiger partial charge is 0.416 e. The third-order valence-electron chi connectivity index (χ3n) is 4.27. The summed E-state index contributed by atoms with van der Waals surface area (Å²) in [5.74, 6) is -0.542. The molecule has 0 saturated carbocycles. The number of benzene rings is 2. The van der Waals surface area contributed by atoms with Crippen LogP contribution in [0.4, 0.5) is 18.9 Å². The Kier molecular flexibility index (Phi) is 4.35. The number of fused-ring (bicyclic) bond motifs is 3. The summed E-state index contributed by atoms with van der Waals surface area (Å²) in [7, 11) is 0. The lowest BCUT2D eigenvalue weighted by Crippen LogP contribution is -2.10. The van der Waals surface area contributed by atoms with Crippen LogP contribution in [-0.2, 0) is 11.0 Å². The number of hydrogen-bond acceptors (Lipinski definition) is 2. The molecule has 0 unspecified atom stereocenters. The Morgan fingerprint density at radius 2 is 1.82 bits per heavy atom. The van der Waals surface area contributed by atoms with E-state index in [1.807, 2.05) is 30.3 Å². The number of hydrogen-bond donors (Lipinski definition) is 2. The number of amides is 1. The van der Waals surface area contributed by atoms with Crippen molar-refractivity contribution < 1.29 is 18.0 Å². The summed E-state index contributed by atoms with van der Waals surface area (Å²) < 4.78 is 38.2. The summed E-state index contributed by atoms with van der Waals surface area (Å²) in [5, 5.41) is 4.45. The fraction of sp³-hybridized carbons (Fsp3) is 0.0476. The Balaban J connectivity index is 1.54. The standard InChI is InChI=1S/C21H14F3N3O/c22-21(23,24)13-4-3-5-15(10-13)26-20(28)9-8-14-11-17-16-6-1-2-7-18(16)27-19(17)12-25-14/h1-12,27H,(H,26,28)/b9-8+. The Morgan fingerprint density at radius 3 is 2.64 bits per heavy atom. The van der Waals surface area contributed by atoms with E-state index in [-0.39, 0.29) is 5.69 Å². The lowest BCUT2D eigenvalue weighted by molar-refractivity contribution is -0.137. The van der Waals surface area contributed by atoms with E-state index in [0.29, 0.717) is 5.69 Å². The average molecular weight is 381 g/mol. The fourth-order valence-corrected chi connectivity index (χ4v) is 2.98. The summed E-state index contributed by atoms with van der Waals surface area (Å²) in [4.78, 5) is 19.6. The number of nitrogens with zero attached hydrogens (tertiary/aromatic N) is 1. The Hall–Kier alpha value is -3.61. The van der Waals surface area contributed by atoms with Crippen LogP contribution in [0.25, 0.3) is 27.9 Å². The van der Waals surface area contributed by atoms with Crippen LogP contribution in [0, 0.1) is 0 Å². The first kappa shape index (κ1) is 17.8. The molecular weight excluding hydrogens is 367 g/mol. The third-order valence-corrected chi connectivity index (χ3v) is 4.27. The van der Waals surface area contributed by atoms with Crippen molar-refractivity contribution in [3.05, 3.63) is 78.1 Å². The van der Waals surface area contributed by atoms with Crippen LogP contribution in [0.1, 0.15) is 11.3 Å². The highest BCUT2D eigenvalue weighted by atomic mass is 19.4. The van der Waals surface area contributed by atoms with E-state index in [9.17, 15) is 18.0 Å². The van der Waals surface area contributed by atoms with E-state index in [2.05, 4.69) is 15.3 Å². The maximum atomic E-state index is 12.7. The number of nitrogens with one attached hydrogen (secondary N) is 2. The molecule has 0 atom stereocenters. The van der Waals surface area contributed by atoms with Gasteiger partial charge in [-0.25, -0.2) is 0 Å². The molecule has 0 bridgehead atoms. The summed E-state index contributed by atoms with van der Waals surface area (Å²) in [6.07, 6.45) is -0.0254. The number of rotatable bonds is 3. The topological polar surface area (TPSA) is 57.8 Å². The molecule has 0 aliphatic carbocycles. The zero-order chi connectivity index (χ0) is 19.7. The average Bonchev–Trinajstić information content (AvgIpc) is 3.04. The van der Waals surface area contributed by atoms with Gasteiger partial charge in [-0.3, -0.25) is 9.78 Å². The zero-order valence-corrected chi connectivity index (χ0v) is 14.4. The molecule has 140 valence electrons. The number of aromatic nitrogens is 2. The SMILES string of the molecule is O=C(/C=C/c1cc2c(cn1)[nH]c1ccccc12)Nc1cccc(C(F)(F)F)c1. The van der Waals surface area contributed by atoms with E-state index >= 15 is 0 Å². The number of carbonyl (C=O) groups is 1. The monoisotopic (exact) mass is 381 g/mol. The van der Waals surface area contributed by atoms with E-state index < -0.39 is 17.6 Å². The van der Waals surface area contributed by atoms with Crippen molar-refractivity contribution in [3.63, 3.8) is 0 Å².